The molecule has 0 saturated carbocycles. The molecule has 0 unspecified atom stereocenters. The van der Waals surface area contributed by atoms with Crippen LogP contribution >= 0.6 is 0 Å². The molecule has 0 atom stereocenters. The smallest absolute Gasteiger partial charge is 0.244 e. The van der Waals surface area contributed by atoms with Crippen molar-refractivity contribution < 1.29 is 8.42 Å². The quantitative estimate of drug-likeness (QED) is 0.857. The van der Waals surface area contributed by atoms with Gasteiger partial charge >= 0.3 is 0 Å². The second-order valence-electron chi connectivity index (χ2n) is 4.46. The van der Waals surface area contributed by atoms with Crippen LogP contribution in [0.2, 0.25) is 0 Å². The lowest BCUT2D eigenvalue weighted by molar-refractivity contribution is 0.580. The zero-order valence-electron chi connectivity index (χ0n) is 11.4. The Bertz CT molecular complexity index is 699. The molecule has 0 bridgehead atoms. The summed E-state index contributed by atoms with van der Waals surface area (Å²) < 4.78 is 28.5. The molecule has 2 rings (SSSR count). The van der Waals surface area contributed by atoms with E-state index in [4.69, 9.17) is 0 Å². The Morgan fingerprint density at radius 3 is 2.53 bits per heavy atom. The summed E-state index contributed by atoms with van der Waals surface area (Å²) in [4.78, 5) is 0.173. The van der Waals surface area contributed by atoms with E-state index in [1.807, 2.05) is 20.9 Å². The molecule has 19 heavy (non-hydrogen) atoms. The van der Waals surface area contributed by atoms with E-state index in [9.17, 15) is 8.42 Å². The number of aryl methyl sites for hydroxylation is 3. The van der Waals surface area contributed by atoms with E-state index in [2.05, 4.69) is 20.0 Å². The first-order chi connectivity index (χ1) is 8.83. The highest BCUT2D eigenvalue weighted by Gasteiger charge is 2.19. The molecule has 0 saturated heterocycles. The van der Waals surface area contributed by atoms with Crippen LogP contribution in [0.3, 0.4) is 0 Å². The summed E-state index contributed by atoms with van der Waals surface area (Å²) in [6, 6.07) is 0. The summed E-state index contributed by atoms with van der Waals surface area (Å²) in [6.45, 7) is 5.66. The maximum Gasteiger partial charge on any atom is 0.244 e. The molecule has 8 heteroatoms. The van der Waals surface area contributed by atoms with E-state index >= 15 is 0 Å². The van der Waals surface area contributed by atoms with Gasteiger partial charge in [-0.05, 0) is 20.8 Å². The second kappa shape index (κ2) is 4.78. The average molecular weight is 283 g/mol. The number of aromatic nitrogens is 4. The molecule has 0 amide bonds. The molecule has 0 aromatic carbocycles. The van der Waals surface area contributed by atoms with E-state index in [1.165, 1.54) is 6.20 Å². The number of hydrogen-bond acceptors (Lipinski definition) is 4. The molecule has 0 spiro atoms. The monoisotopic (exact) mass is 283 g/mol. The lowest BCUT2D eigenvalue weighted by Crippen LogP contribution is -2.24. The highest BCUT2D eigenvalue weighted by molar-refractivity contribution is 7.89. The Morgan fingerprint density at radius 2 is 2.05 bits per heavy atom. The molecule has 2 N–H and O–H groups in total. The minimum atomic E-state index is -3.55. The van der Waals surface area contributed by atoms with Crippen LogP contribution in [0.1, 0.15) is 22.6 Å². The zero-order valence-corrected chi connectivity index (χ0v) is 12.2. The van der Waals surface area contributed by atoms with Gasteiger partial charge in [0.25, 0.3) is 0 Å². The van der Waals surface area contributed by atoms with Crippen molar-refractivity contribution in [3.8, 4) is 0 Å². The number of sulfonamides is 1. The van der Waals surface area contributed by atoms with Gasteiger partial charge in [-0.2, -0.15) is 10.2 Å². The lowest BCUT2D eigenvalue weighted by Gasteiger charge is -2.06. The highest BCUT2D eigenvalue weighted by Crippen LogP contribution is 2.15. The van der Waals surface area contributed by atoms with Gasteiger partial charge in [0, 0.05) is 24.8 Å². The number of nitrogens with one attached hydrogen (secondary N) is 2. The molecule has 0 radical (unpaired) electrons. The largest absolute Gasteiger partial charge is 0.281 e. The normalized spacial score (nSPS) is 12.0. The molecule has 0 aliphatic carbocycles. The molecule has 7 nitrogen and oxygen atoms in total. The third-order valence-corrected chi connectivity index (χ3v) is 4.69. The summed E-state index contributed by atoms with van der Waals surface area (Å²) in [7, 11) is -1.72. The fraction of sp³-hybridized carbons (Fsp3) is 0.455. The van der Waals surface area contributed by atoms with Gasteiger partial charge in [-0.1, -0.05) is 0 Å². The van der Waals surface area contributed by atoms with Crippen LogP contribution < -0.4 is 4.72 Å². The van der Waals surface area contributed by atoms with E-state index in [-0.39, 0.29) is 11.4 Å². The van der Waals surface area contributed by atoms with Crippen molar-refractivity contribution in [2.75, 3.05) is 0 Å². The third-order valence-electron chi connectivity index (χ3n) is 3.17. The maximum absolute atomic E-state index is 12.1. The standard InChI is InChI=1S/C11H17N5O2S/c1-7-10(9(3)16(4)15-7)5-13-19(17,18)11-6-12-14-8(11)2/h6,13H,5H2,1-4H3,(H,12,14). The van der Waals surface area contributed by atoms with Gasteiger partial charge in [0.2, 0.25) is 10.0 Å². The number of hydrogen-bond donors (Lipinski definition) is 2. The Labute approximate surface area is 112 Å². The fourth-order valence-electron chi connectivity index (χ4n) is 1.93. The predicted octanol–water partition coefficient (Wildman–Crippen LogP) is 0.547. The van der Waals surface area contributed by atoms with E-state index in [0.29, 0.717) is 5.69 Å². The number of aromatic amines is 1. The maximum atomic E-state index is 12.1. The van der Waals surface area contributed by atoms with E-state index in [0.717, 1.165) is 17.0 Å². The molecular formula is C11H17N5O2S. The number of nitrogens with zero attached hydrogens (tertiary/aromatic N) is 3. The van der Waals surface area contributed by atoms with Crippen LogP contribution in [0.4, 0.5) is 0 Å². The van der Waals surface area contributed by atoms with Gasteiger partial charge in [-0.15, -0.1) is 0 Å². The van der Waals surface area contributed by atoms with Crippen molar-refractivity contribution in [2.24, 2.45) is 7.05 Å². The van der Waals surface area contributed by atoms with Gasteiger partial charge in [-0.25, -0.2) is 13.1 Å². The molecule has 104 valence electrons. The Balaban J connectivity index is 2.21. The molecule has 0 aliphatic heterocycles. The summed E-state index contributed by atoms with van der Waals surface area (Å²) in [5.74, 6) is 0. The average Bonchev–Trinajstić information content (AvgIpc) is 2.84. The second-order valence-corrected chi connectivity index (χ2v) is 6.19. The Hall–Kier alpha value is -1.67. The van der Waals surface area contributed by atoms with Crippen molar-refractivity contribution in [1.82, 2.24) is 24.7 Å². The summed E-state index contributed by atoms with van der Waals surface area (Å²) in [6.07, 6.45) is 1.31. The SMILES string of the molecule is Cc1nn(C)c(C)c1CNS(=O)(=O)c1cn[nH]c1C. The Kier molecular flexibility index (Phi) is 3.46. The minimum absolute atomic E-state index is 0.173. The van der Waals surface area contributed by atoms with Crippen LogP contribution in [-0.4, -0.2) is 28.4 Å². The topological polar surface area (TPSA) is 92.7 Å². The van der Waals surface area contributed by atoms with Crippen molar-refractivity contribution in [2.45, 2.75) is 32.2 Å². The molecule has 2 heterocycles. The van der Waals surface area contributed by atoms with Crippen molar-refractivity contribution >= 4 is 10.0 Å². The van der Waals surface area contributed by atoms with Crippen LogP contribution in [0.25, 0.3) is 0 Å². The van der Waals surface area contributed by atoms with Crippen LogP contribution in [-0.2, 0) is 23.6 Å². The molecule has 2 aromatic rings. The van der Waals surface area contributed by atoms with E-state index in [1.54, 1.807) is 11.6 Å². The highest BCUT2D eigenvalue weighted by atomic mass is 32.2. The first kappa shape index (κ1) is 13.8. The fourth-order valence-corrected chi connectivity index (χ4v) is 3.06. The molecule has 2 aromatic heterocycles. The van der Waals surface area contributed by atoms with Gasteiger partial charge in [0.05, 0.1) is 17.6 Å². The van der Waals surface area contributed by atoms with Gasteiger partial charge in [-0.3, -0.25) is 9.78 Å². The first-order valence-electron chi connectivity index (χ1n) is 5.81. The first-order valence-corrected chi connectivity index (χ1v) is 7.30. The molecule has 0 aliphatic rings. The minimum Gasteiger partial charge on any atom is -0.281 e. The molecular weight excluding hydrogens is 266 g/mol. The van der Waals surface area contributed by atoms with Gasteiger partial charge < -0.3 is 0 Å². The Morgan fingerprint density at radius 1 is 1.37 bits per heavy atom. The van der Waals surface area contributed by atoms with Crippen molar-refractivity contribution in [3.63, 3.8) is 0 Å². The molecule has 0 fully saturated rings. The van der Waals surface area contributed by atoms with E-state index < -0.39 is 10.0 Å². The number of rotatable bonds is 4. The number of H-pyrrole nitrogens is 1. The van der Waals surface area contributed by atoms with Crippen LogP contribution in [0, 0.1) is 20.8 Å². The zero-order chi connectivity index (χ0) is 14.2. The predicted molar refractivity (Wildman–Crippen MR) is 70.0 cm³/mol. The lowest BCUT2D eigenvalue weighted by atomic mass is 10.2. The van der Waals surface area contributed by atoms with Crippen molar-refractivity contribution in [1.29, 1.82) is 0 Å². The summed E-state index contributed by atoms with van der Waals surface area (Å²) in [5.41, 5.74) is 3.19. The van der Waals surface area contributed by atoms with Gasteiger partial charge in [0.15, 0.2) is 0 Å². The van der Waals surface area contributed by atoms with Crippen LogP contribution in [0.15, 0.2) is 11.1 Å². The summed E-state index contributed by atoms with van der Waals surface area (Å²) >= 11 is 0. The van der Waals surface area contributed by atoms with Crippen molar-refractivity contribution in [3.05, 3.63) is 28.8 Å². The van der Waals surface area contributed by atoms with Crippen LogP contribution in [0.5, 0.6) is 0 Å². The third kappa shape index (κ3) is 2.54. The summed E-state index contributed by atoms with van der Waals surface area (Å²) in [5, 5.41) is 10.6. The van der Waals surface area contributed by atoms with Gasteiger partial charge in [0.1, 0.15) is 4.90 Å².